The van der Waals surface area contributed by atoms with Gasteiger partial charge in [0.25, 0.3) is 0 Å². The predicted molar refractivity (Wildman–Crippen MR) is 82.0 cm³/mol. The number of nitrogens with zero attached hydrogens (tertiary/aromatic N) is 2. The maximum absolute atomic E-state index is 12.5. The topological polar surface area (TPSA) is 46.9 Å². The van der Waals surface area contributed by atoms with Gasteiger partial charge in [-0.15, -0.1) is 0 Å². The average molecular weight is 283 g/mol. The first-order chi connectivity index (χ1) is 10.3. The molecule has 1 atom stereocenters. The second-order valence-corrected chi connectivity index (χ2v) is 5.59. The molecule has 2 heterocycles. The van der Waals surface area contributed by atoms with Gasteiger partial charge in [-0.1, -0.05) is 31.2 Å². The van der Waals surface area contributed by atoms with Crippen LogP contribution in [0.1, 0.15) is 30.3 Å². The van der Waals surface area contributed by atoms with Crippen molar-refractivity contribution in [3.05, 3.63) is 53.6 Å². The molecule has 0 amide bonds. The minimum atomic E-state index is -0.0910. The van der Waals surface area contributed by atoms with Gasteiger partial charge in [0.05, 0.1) is 12.5 Å². The maximum Gasteiger partial charge on any atom is 0.157 e. The number of carbonyl (C=O) groups excluding carboxylic acids is 1. The number of rotatable bonds is 5. The van der Waals surface area contributed by atoms with E-state index < -0.39 is 0 Å². The fraction of sp³-hybridized carbons (Fsp3) is 0.412. The van der Waals surface area contributed by atoms with Gasteiger partial charge >= 0.3 is 0 Å². The number of carbonyl (C=O) groups is 1. The van der Waals surface area contributed by atoms with E-state index in [9.17, 15) is 4.79 Å². The molecule has 0 bridgehead atoms. The number of Topliss-reactive ketones (excluding diaryl/α,β-unsaturated/α-hetero) is 1. The van der Waals surface area contributed by atoms with Crippen LogP contribution in [0, 0.1) is 0 Å². The lowest BCUT2D eigenvalue weighted by molar-refractivity contribution is -0.120. The van der Waals surface area contributed by atoms with E-state index in [1.807, 2.05) is 18.3 Å². The molecule has 3 rings (SSSR count). The zero-order chi connectivity index (χ0) is 14.7. The Morgan fingerprint density at radius 2 is 2.19 bits per heavy atom. The molecular weight excluding hydrogens is 262 g/mol. The fourth-order valence-electron chi connectivity index (χ4n) is 2.91. The second kappa shape index (κ2) is 6.22. The van der Waals surface area contributed by atoms with E-state index in [1.54, 1.807) is 6.20 Å². The molecule has 1 aliphatic heterocycles. The highest BCUT2D eigenvalue weighted by molar-refractivity contribution is 5.86. The van der Waals surface area contributed by atoms with Crippen LogP contribution in [-0.2, 0) is 30.7 Å². The monoisotopic (exact) mass is 283 g/mol. The van der Waals surface area contributed by atoms with Crippen LogP contribution in [0.5, 0.6) is 0 Å². The molecular formula is C17H21N3O. The highest BCUT2D eigenvalue weighted by Gasteiger charge is 2.24. The molecule has 0 fully saturated rings. The molecule has 4 heteroatoms. The third-order valence-corrected chi connectivity index (χ3v) is 4.07. The van der Waals surface area contributed by atoms with E-state index in [4.69, 9.17) is 0 Å². The summed E-state index contributed by atoms with van der Waals surface area (Å²) in [4.78, 5) is 16.8. The van der Waals surface area contributed by atoms with Crippen molar-refractivity contribution in [1.82, 2.24) is 14.9 Å². The van der Waals surface area contributed by atoms with Crippen LogP contribution in [0.25, 0.3) is 0 Å². The molecule has 1 N–H and O–H groups in total. The molecule has 4 nitrogen and oxygen atoms in total. The second-order valence-electron chi connectivity index (χ2n) is 5.59. The summed E-state index contributed by atoms with van der Waals surface area (Å²) in [6.45, 7) is 3.82. The van der Waals surface area contributed by atoms with Gasteiger partial charge in [-0.05, 0) is 24.0 Å². The first-order valence-corrected chi connectivity index (χ1v) is 7.61. The number of ketones is 1. The van der Waals surface area contributed by atoms with Crippen molar-refractivity contribution < 1.29 is 4.79 Å². The van der Waals surface area contributed by atoms with Crippen LogP contribution >= 0.6 is 0 Å². The fourth-order valence-corrected chi connectivity index (χ4v) is 2.91. The summed E-state index contributed by atoms with van der Waals surface area (Å²) in [5.41, 5.74) is 2.58. The number of imidazole rings is 1. The van der Waals surface area contributed by atoms with Crippen LogP contribution in [0.2, 0.25) is 0 Å². The normalized spacial score (nSPS) is 17.5. The zero-order valence-electron chi connectivity index (χ0n) is 12.4. The molecule has 0 saturated carbocycles. The minimum absolute atomic E-state index is 0.0910. The molecule has 1 aromatic carbocycles. The van der Waals surface area contributed by atoms with E-state index in [-0.39, 0.29) is 11.8 Å². The highest BCUT2D eigenvalue weighted by Crippen LogP contribution is 2.17. The lowest BCUT2D eigenvalue weighted by Gasteiger charge is -2.25. The van der Waals surface area contributed by atoms with Gasteiger partial charge in [0.2, 0.25) is 0 Å². The van der Waals surface area contributed by atoms with Crippen molar-refractivity contribution in [2.75, 3.05) is 0 Å². The Bertz CT molecular complexity index is 632. The van der Waals surface area contributed by atoms with Crippen molar-refractivity contribution in [3.8, 4) is 0 Å². The molecule has 2 aromatic rings. The summed E-state index contributed by atoms with van der Waals surface area (Å²) in [6.07, 6.45) is 5.97. The van der Waals surface area contributed by atoms with E-state index in [2.05, 4.69) is 33.9 Å². The Hall–Kier alpha value is -1.94. The van der Waals surface area contributed by atoms with Gasteiger partial charge in [-0.3, -0.25) is 4.79 Å². The first-order valence-electron chi connectivity index (χ1n) is 7.61. The summed E-state index contributed by atoms with van der Waals surface area (Å²) in [5, 5.41) is 3.35. The molecule has 0 radical (unpaired) electrons. The summed E-state index contributed by atoms with van der Waals surface area (Å²) in [6, 6.07) is 8.24. The molecule has 21 heavy (non-hydrogen) atoms. The Kier molecular flexibility index (Phi) is 4.15. The quantitative estimate of drug-likeness (QED) is 0.914. The van der Waals surface area contributed by atoms with Crippen LogP contribution < -0.4 is 5.32 Å². The number of benzene rings is 1. The largest absolute Gasteiger partial charge is 0.335 e. The molecule has 1 aromatic heterocycles. The predicted octanol–water partition coefficient (Wildman–Crippen LogP) is 2.12. The number of hydrogen-bond acceptors (Lipinski definition) is 3. The molecule has 1 aliphatic rings. The van der Waals surface area contributed by atoms with Gasteiger partial charge < -0.3 is 9.88 Å². The smallest absolute Gasteiger partial charge is 0.157 e. The molecule has 1 unspecified atom stereocenters. The molecule has 0 spiro atoms. The zero-order valence-corrected chi connectivity index (χ0v) is 12.4. The van der Waals surface area contributed by atoms with E-state index in [0.29, 0.717) is 6.42 Å². The van der Waals surface area contributed by atoms with Gasteiger partial charge in [0, 0.05) is 25.5 Å². The van der Waals surface area contributed by atoms with E-state index >= 15 is 0 Å². The number of nitrogens with one attached hydrogen (secondary N) is 1. The van der Waals surface area contributed by atoms with Gasteiger partial charge in [0.1, 0.15) is 5.82 Å². The SMILES string of the molecule is CCCn1ccnc1CC(=O)C1Cc2ccccc2CN1. The van der Waals surface area contributed by atoms with Gasteiger partial charge in [-0.25, -0.2) is 4.98 Å². The Morgan fingerprint density at radius 3 is 3.00 bits per heavy atom. The van der Waals surface area contributed by atoms with Crippen molar-refractivity contribution >= 4 is 5.78 Å². The Labute approximate surface area is 125 Å². The standard InChI is InChI=1S/C17H21N3O/c1-2-8-20-9-7-18-17(20)11-16(21)15-10-13-5-3-4-6-14(13)12-19-15/h3-7,9,15,19H,2,8,10-12H2,1H3. The maximum atomic E-state index is 12.5. The van der Waals surface area contributed by atoms with Crippen molar-refractivity contribution in [3.63, 3.8) is 0 Å². The number of aromatic nitrogens is 2. The minimum Gasteiger partial charge on any atom is -0.335 e. The van der Waals surface area contributed by atoms with Crippen LogP contribution in [0.3, 0.4) is 0 Å². The van der Waals surface area contributed by atoms with Crippen LogP contribution in [0.4, 0.5) is 0 Å². The lowest BCUT2D eigenvalue weighted by Crippen LogP contribution is -2.42. The number of aryl methyl sites for hydroxylation is 1. The number of hydrogen-bond donors (Lipinski definition) is 1. The lowest BCUT2D eigenvalue weighted by atomic mass is 9.93. The van der Waals surface area contributed by atoms with Crippen LogP contribution in [0.15, 0.2) is 36.7 Å². The van der Waals surface area contributed by atoms with E-state index in [0.717, 1.165) is 31.8 Å². The van der Waals surface area contributed by atoms with Gasteiger partial charge in [-0.2, -0.15) is 0 Å². The third kappa shape index (κ3) is 3.05. The third-order valence-electron chi connectivity index (χ3n) is 4.07. The summed E-state index contributed by atoms with van der Waals surface area (Å²) in [5.74, 6) is 1.11. The van der Waals surface area contributed by atoms with Crippen molar-refractivity contribution in [2.45, 2.75) is 45.3 Å². The summed E-state index contributed by atoms with van der Waals surface area (Å²) >= 11 is 0. The van der Waals surface area contributed by atoms with E-state index in [1.165, 1.54) is 11.1 Å². The Balaban J connectivity index is 1.68. The van der Waals surface area contributed by atoms with Crippen molar-refractivity contribution in [2.24, 2.45) is 0 Å². The average Bonchev–Trinajstić information content (AvgIpc) is 2.94. The summed E-state index contributed by atoms with van der Waals surface area (Å²) < 4.78 is 2.08. The van der Waals surface area contributed by atoms with Crippen molar-refractivity contribution in [1.29, 1.82) is 0 Å². The highest BCUT2D eigenvalue weighted by atomic mass is 16.1. The van der Waals surface area contributed by atoms with Gasteiger partial charge in [0.15, 0.2) is 5.78 Å². The molecule has 0 aliphatic carbocycles. The first kappa shape index (κ1) is 14.0. The molecule has 0 saturated heterocycles. The summed E-state index contributed by atoms with van der Waals surface area (Å²) in [7, 11) is 0. The van der Waals surface area contributed by atoms with Crippen LogP contribution in [-0.4, -0.2) is 21.4 Å². The molecule has 110 valence electrons. The Morgan fingerprint density at radius 1 is 1.38 bits per heavy atom. The number of fused-ring (bicyclic) bond motifs is 1.